The van der Waals surface area contributed by atoms with E-state index in [9.17, 15) is 0 Å². The minimum atomic E-state index is -0.303. The fourth-order valence-corrected chi connectivity index (χ4v) is 2.01. The molecular weight excluding hydrogens is 210 g/mol. The van der Waals surface area contributed by atoms with Gasteiger partial charge in [-0.2, -0.15) is 5.26 Å². The van der Waals surface area contributed by atoms with E-state index in [0.29, 0.717) is 5.02 Å². The Kier molecular flexibility index (Phi) is 2.68. The molecule has 1 saturated carbocycles. The molecule has 0 bridgehead atoms. The van der Waals surface area contributed by atoms with Crippen molar-refractivity contribution < 1.29 is 4.74 Å². The number of rotatable bonds is 3. The fourth-order valence-electron chi connectivity index (χ4n) is 1.89. The van der Waals surface area contributed by atoms with Crippen LogP contribution in [0.15, 0.2) is 24.3 Å². The Bertz CT molecular complexity index is 389. The molecule has 0 aromatic heterocycles. The molecule has 0 saturated heterocycles. The molecule has 1 aromatic rings. The summed E-state index contributed by atoms with van der Waals surface area (Å²) in [5, 5.41) is 9.82. The van der Waals surface area contributed by atoms with Crippen molar-refractivity contribution >= 4 is 11.6 Å². The summed E-state index contributed by atoms with van der Waals surface area (Å²) in [6, 6.07) is 9.87. The molecular formula is C12H12ClNO. The van der Waals surface area contributed by atoms with Gasteiger partial charge in [0.2, 0.25) is 0 Å². The first-order chi connectivity index (χ1) is 7.22. The van der Waals surface area contributed by atoms with Crippen molar-refractivity contribution in [2.24, 2.45) is 5.41 Å². The van der Waals surface area contributed by atoms with Crippen LogP contribution in [-0.2, 0) is 4.74 Å². The second-order valence-electron chi connectivity index (χ2n) is 3.94. The van der Waals surface area contributed by atoms with Gasteiger partial charge in [-0.15, -0.1) is 0 Å². The van der Waals surface area contributed by atoms with Crippen molar-refractivity contribution in [1.82, 2.24) is 0 Å². The molecule has 1 fully saturated rings. The van der Waals surface area contributed by atoms with Crippen molar-refractivity contribution in [3.8, 4) is 6.07 Å². The topological polar surface area (TPSA) is 33.0 Å². The number of nitriles is 1. The van der Waals surface area contributed by atoms with Gasteiger partial charge in [0.1, 0.15) is 6.10 Å². The number of hydrogen-bond donors (Lipinski definition) is 0. The second kappa shape index (κ2) is 3.84. The van der Waals surface area contributed by atoms with Gasteiger partial charge in [0, 0.05) is 12.1 Å². The molecule has 1 aliphatic carbocycles. The van der Waals surface area contributed by atoms with Crippen LogP contribution in [0.1, 0.15) is 24.5 Å². The predicted molar refractivity (Wildman–Crippen MR) is 58.5 cm³/mol. The van der Waals surface area contributed by atoms with Crippen LogP contribution in [0.5, 0.6) is 0 Å². The summed E-state index contributed by atoms with van der Waals surface area (Å²) in [5.74, 6) is 0. The normalized spacial score (nSPS) is 19.3. The molecule has 78 valence electrons. The van der Waals surface area contributed by atoms with Crippen molar-refractivity contribution in [2.75, 3.05) is 7.11 Å². The summed E-state index contributed by atoms with van der Waals surface area (Å²) in [5.41, 5.74) is 0.726. The average molecular weight is 222 g/mol. The van der Waals surface area contributed by atoms with Crippen LogP contribution >= 0.6 is 11.6 Å². The van der Waals surface area contributed by atoms with E-state index in [4.69, 9.17) is 21.6 Å². The number of hydrogen-bond acceptors (Lipinski definition) is 2. The first kappa shape index (κ1) is 10.5. The van der Waals surface area contributed by atoms with Gasteiger partial charge in [0.15, 0.2) is 0 Å². The van der Waals surface area contributed by atoms with Crippen molar-refractivity contribution in [1.29, 1.82) is 5.26 Å². The maximum absolute atomic E-state index is 9.12. The Morgan fingerprint density at radius 2 is 2.00 bits per heavy atom. The van der Waals surface area contributed by atoms with E-state index in [1.54, 1.807) is 7.11 Å². The number of ether oxygens (including phenoxy) is 1. The zero-order valence-electron chi connectivity index (χ0n) is 8.53. The lowest BCUT2D eigenvalue weighted by Gasteiger charge is -2.20. The molecule has 0 radical (unpaired) electrons. The van der Waals surface area contributed by atoms with Crippen LogP contribution < -0.4 is 0 Å². The first-order valence-corrected chi connectivity index (χ1v) is 5.29. The molecule has 0 aliphatic heterocycles. The largest absolute Gasteiger partial charge is 0.375 e. The molecule has 1 aliphatic rings. The minimum absolute atomic E-state index is 0.125. The van der Waals surface area contributed by atoms with Crippen LogP contribution in [-0.4, -0.2) is 7.11 Å². The van der Waals surface area contributed by atoms with Gasteiger partial charge in [0.25, 0.3) is 0 Å². The van der Waals surface area contributed by atoms with E-state index < -0.39 is 0 Å². The summed E-state index contributed by atoms with van der Waals surface area (Å²) >= 11 is 5.82. The third-order valence-electron chi connectivity index (χ3n) is 2.92. The maximum atomic E-state index is 9.12. The molecule has 0 spiro atoms. The molecule has 1 atom stereocenters. The highest BCUT2D eigenvalue weighted by atomic mass is 35.5. The molecule has 0 N–H and O–H groups in total. The Morgan fingerprint density at radius 1 is 1.40 bits per heavy atom. The third kappa shape index (κ3) is 1.86. The molecule has 2 nitrogen and oxygen atoms in total. The SMILES string of the molecule is COC(c1ccc(Cl)cc1)C1(C#N)CC1. The number of methoxy groups -OCH3 is 1. The van der Waals surface area contributed by atoms with E-state index in [0.717, 1.165) is 18.4 Å². The summed E-state index contributed by atoms with van der Waals surface area (Å²) < 4.78 is 5.43. The Hall–Kier alpha value is -1.04. The zero-order chi connectivity index (χ0) is 10.9. The molecule has 1 aromatic carbocycles. The van der Waals surface area contributed by atoms with Gasteiger partial charge in [-0.3, -0.25) is 0 Å². The summed E-state index contributed by atoms with van der Waals surface area (Å²) in [6.07, 6.45) is 1.72. The van der Waals surface area contributed by atoms with Crippen LogP contribution in [0.4, 0.5) is 0 Å². The highest BCUT2D eigenvalue weighted by Gasteiger charge is 2.51. The van der Waals surface area contributed by atoms with Crippen molar-refractivity contribution in [3.05, 3.63) is 34.9 Å². The molecule has 1 unspecified atom stereocenters. The predicted octanol–water partition coefficient (Wildman–Crippen LogP) is 3.33. The van der Waals surface area contributed by atoms with E-state index in [-0.39, 0.29) is 11.5 Å². The van der Waals surface area contributed by atoms with Crippen LogP contribution in [0.25, 0.3) is 0 Å². The fraction of sp³-hybridized carbons (Fsp3) is 0.417. The minimum Gasteiger partial charge on any atom is -0.375 e. The maximum Gasteiger partial charge on any atom is 0.101 e. The van der Waals surface area contributed by atoms with Crippen LogP contribution in [0, 0.1) is 16.7 Å². The zero-order valence-corrected chi connectivity index (χ0v) is 9.29. The second-order valence-corrected chi connectivity index (χ2v) is 4.37. The summed E-state index contributed by atoms with van der Waals surface area (Å²) in [7, 11) is 1.65. The summed E-state index contributed by atoms with van der Waals surface area (Å²) in [4.78, 5) is 0. The van der Waals surface area contributed by atoms with Crippen LogP contribution in [0.2, 0.25) is 5.02 Å². The lowest BCUT2D eigenvalue weighted by molar-refractivity contribution is 0.0610. The van der Waals surface area contributed by atoms with E-state index in [1.165, 1.54) is 0 Å². The van der Waals surface area contributed by atoms with Gasteiger partial charge in [-0.25, -0.2) is 0 Å². The molecule has 15 heavy (non-hydrogen) atoms. The third-order valence-corrected chi connectivity index (χ3v) is 3.17. The van der Waals surface area contributed by atoms with Gasteiger partial charge in [0.05, 0.1) is 11.5 Å². The number of nitrogens with zero attached hydrogens (tertiary/aromatic N) is 1. The van der Waals surface area contributed by atoms with Crippen molar-refractivity contribution in [3.63, 3.8) is 0 Å². The first-order valence-electron chi connectivity index (χ1n) is 4.91. The number of halogens is 1. The van der Waals surface area contributed by atoms with Gasteiger partial charge in [-0.1, -0.05) is 23.7 Å². The average Bonchev–Trinajstić information content (AvgIpc) is 3.03. The van der Waals surface area contributed by atoms with Gasteiger partial charge >= 0.3 is 0 Å². The van der Waals surface area contributed by atoms with E-state index in [2.05, 4.69) is 6.07 Å². The molecule has 3 heteroatoms. The Labute approximate surface area is 94.4 Å². The smallest absolute Gasteiger partial charge is 0.101 e. The quantitative estimate of drug-likeness (QED) is 0.785. The lowest BCUT2D eigenvalue weighted by Crippen LogP contribution is -2.14. The highest BCUT2D eigenvalue weighted by Crippen LogP contribution is 2.55. The Morgan fingerprint density at radius 3 is 2.40 bits per heavy atom. The molecule has 0 amide bonds. The van der Waals surface area contributed by atoms with E-state index in [1.807, 2.05) is 24.3 Å². The monoisotopic (exact) mass is 221 g/mol. The lowest BCUT2D eigenvalue weighted by atomic mass is 9.94. The standard InChI is InChI=1S/C12H12ClNO/c1-15-11(12(8-14)6-7-12)9-2-4-10(13)5-3-9/h2-5,11H,6-7H2,1H3. The van der Waals surface area contributed by atoms with Gasteiger partial charge < -0.3 is 4.74 Å². The van der Waals surface area contributed by atoms with Crippen LogP contribution in [0.3, 0.4) is 0 Å². The Balaban J connectivity index is 2.28. The molecule has 2 rings (SSSR count). The molecule has 0 heterocycles. The van der Waals surface area contributed by atoms with Gasteiger partial charge in [-0.05, 0) is 30.5 Å². The number of benzene rings is 1. The van der Waals surface area contributed by atoms with E-state index >= 15 is 0 Å². The summed E-state index contributed by atoms with van der Waals surface area (Å²) in [6.45, 7) is 0. The van der Waals surface area contributed by atoms with Crippen molar-refractivity contribution in [2.45, 2.75) is 18.9 Å². The highest BCUT2D eigenvalue weighted by molar-refractivity contribution is 6.30.